The molecule has 0 radical (unpaired) electrons. The second-order valence-electron chi connectivity index (χ2n) is 5.61. The van der Waals surface area contributed by atoms with E-state index in [1.54, 1.807) is 18.2 Å². The van der Waals surface area contributed by atoms with E-state index in [1.165, 1.54) is 0 Å². The van der Waals surface area contributed by atoms with Crippen LogP contribution in [0, 0.1) is 0 Å². The van der Waals surface area contributed by atoms with Crippen LogP contribution in [0.25, 0.3) is 11.3 Å². The second-order valence-corrected chi connectivity index (χ2v) is 6.05. The van der Waals surface area contributed by atoms with Crippen LogP contribution in [0.3, 0.4) is 0 Å². The quantitative estimate of drug-likeness (QED) is 0.684. The predicted molar refractivity (Wildman–Crippen MR) is 100 cm³/mol. The summed E-state index contributed by atoms with van der Waals surface area (Å²) in [5.74, 6) is 1.77. The molecule has 3 rings (SSSR count). The van der Waals surface area contributed by atoms with Crippen molar-refractivity contribution in [3.63, 3.8) is 0 Å². The molecule has 0 saturated heterocycles. The standard InChI is InChI=1S/C19H20ClN3O2/c1-3-25-16-7-4-13(5-8-16)17-12-22-19(23(17)2)21-11-14-10-15(20)6-9-18(14)24/h4-10,12,24H,3,11H2,1-2H3,(H,21,22). The van der Waals surface area contributed by atoms with Gasteiger partial charge in [0.2, 0.25) is 5.95 Å². The molecule has 2 N–H and O–H groups in total. The van der Waals surface area contributed by atoms with Gasteiger partial charge in [0, 0.05) is 29.7 Å². The highest BCUT2D eigenvalue weighted by Gasteiger charge is 2.10. The third-order valence-electron chi connectivity index (χ3n) is 3.93. The van der Waals surface area contributed by atoms with E-state index in [0.29, 0.717) is 24.1 Å². The van der Waals surface area contributed by atoms with Crippen molar-refractivity contribution in [2.24, 2.45) is 7.05 Å². The number of aromatic hydroxyl groups is 1. The number of ether oxygens (including phenoxy) is 1. The molecule has 3 aromatic rings. The first-order valence-corrected chi connectivity index (χ1v) is 8.42. The van der Waals surface area contributed by atoms with Gasteiger partial charge in [0.25, 0.3) is 0 Å². The largest absolute Gasteiger partial charge is 0.508 e. The molecule has 2 aromatic carbocycles. The topological polar surface area (TPSA) is 59.3 Å². The normalized spacial score (nSPS) is 10.7. The average Bonchev–Trinajstić information content (AvgIpc) is 2.97. The van der Waals surface area contributed by atoms with Crippen LogP contribution in [0.15, 0.2) is 48.7 Å². The van der Waals surface area contributed by atoms with Gasteiger partial charge in [-0.1, -0.05) is 11.6 Å². The Balaban J connectivity index is 1.75. The van der Waals surface area contributed by atoms with E-state index < -0.39 is 0 Å². The first kappa shape index (κ1) is 17.2. The summed E-state index contributed by atoms with van der Waals surface area (Å²) in [4.78, 5) is 4.42. The smallest absolute Gasteiger partial charge is 0.203 e. The molecule has 0 fully saturated rings. The minimum Gasteiger partial charge on any atom is -0.508 e. The number of phenolic OH excluding ortho intramolecular Hbond substituents is 1. The maximum Gasteiger partial charge on any atom is 0.203 e. The highest BCUT2D eigenvalue weighted by molar-refractivity contribution is 6.30. The van der Waals surface area contributed by atoms with Gasteiger partial charge in [0.05, 0.1) is 18.5 Å². The SMILES string of the molecule is CCOc1ccc(-c2cnc(NCc3cc(Cl)ccc3O)n2C)cc1. The molecule has 5 nitrogen and oxygen atoms in total. The molecule has 0 aliphatic carbocycles. The number of hydrogen-bond donors (Lipinski definition) is 2. The molecule has 0 aliphatic rings. The molecule has 1 aromatic heterocycles. The summed E-state index contributed by atoms with van der Waals surface area (Å²) in [5, 5.41) is 13.7. The maximum atomic E-state index is 9.90. The Hall–Kier alpha value is -2.66. The van der Waals surface area contributed by atoms with Crippen LogP contribution in [0.4, 0.5) is 5.95 Å². The Morgan fingerprint density at radius 1 is 1.20 bits per heavy atom. The molecular weight excluding hydrogens is 338 g/mol. The average molecular weight is 358 g/mol. The fourth-order valence-corrected chi connectivity index (χ4v) is 2.80. The fourth-order valence-electron chi connectivity index (χ4n) is 2.60. The molecule has 1 heterocycles. The number of imidazole rings is 1. The summed E-state index contributed by atoms with van der Waals surface area (Å²) < 4.78 is 7.44. The number of nitrogens with one attached hydrogen (secondary N) is 1. The van der Waals surface area contributed by atoms with Crippen molar-refractivity contribution in [3.05, 3.63) is 59.2 Å². The predicted octanol–water partition coefficient (Wildman–Crippen LogP) is 4.46. The van der Waals surface area contributed by atoms with Gasteiger partial charge in [-0.3, -0.25) is 0 Å². The van der Waals surface area contributed by atoms with Crippen LogP contribution >= 0.6 is 11.6 Å². The molecule has 0 saturated carbocycles. The van der Waals surface area contributed by atoms with Gasteiger partial charge in [-0.05, 0) is 49.4 Å². The van der Waals surface area contributed by atoms with E-state index >= 15 is 0 Å². The molecule has 0 aliphatic heterocycles. The van der Waals surface area contributed by atoms with Crippen LogP contribution in [0.5, 0.6) is 11.5 Å². The first-order chi connectivity index (χ1) is 12.1. The second kappa shape index (κ2) is 7.49. The van der Waals surface area contributed by atoms with E-state index in [2.05, 4.69) is 10.3 Å². The van der Waals surface area contributed by atoms with E-state index in [1.807, 2.05) is 49.0 Å². The zero-order chi connectivity index (χ0) is 17.8. The molecule has 0 unspecified atom stereocenters. The number of phenols is 1. The third kappa shape index (κ3) is 3.88. The zero-order valence-electron chi connectivity index (χ0n) is 14.2. The Morgan fingerprint density at radius 2 is 1.96 bits per heavy atom. The molecule has 25 heavy (non-hydrogen) atoms. The van der Waals surface area contributed by atoms with Crippen molar-refractivity contribution < 1.29 is 9.84 Å². The highest BCUT2D eigenvalue weighted by atomic mass is 35.5. The maximum absolute atomic E-state index is 9.90. The Kier molecular flexibility index (Phi) is 5.14. The van der Waals surface area contributed by atoms with Crippen molar-refractivity contribution in [1.82, 2.24) is 9.55 Å². The van der Waals surface area contributed by atoms with Crippen LogP contribution in [0.1, 0.15) is 12.5 Å². The molecular formula is C19H20ClN3O2. The number of aromatic nitrogens is 2. The number of nitrogens with zero attached hydrogens (tertiary/aromatic N) is 2. The monoisotopic (exact) mass is 357 g/mol. The molecule has 0 spiro atoms. The van der Waals surface area contributed by atoms with Crippen LogP contribution in [-0.4, -0.2) is 21.3 Å². The van der Waals surface area contributed by atoms with Crippen molar-refractivity contribution in [2.45, 2.75) is 13.5 Å². The van der Waals surface area contributed by atoms with Gasteiger partial charge in [0.15, 0.2) is 0 Å². The van der Waals surface area contributed by atoms with E-state index in [0.717, 1.165) is 22.6 Å². The lowest BCUT2D eigenvalue weighted by Gasteiger charge is -2.10. The Bertz CT molecular complexity index is 860. The number of hydrogen-bond acceptors (Lipinski definition) is 4. The van der Waals surface area contributed by atoms with Crippen LogP contribution in [0.2, 0.25) is 5.02 Å². The van der Waals surface area contributed by atoms with Crippen molar-refractivity contribution in [3.8, 4) is 22.8 Å². The summed E-state index contributed by atoms with van der Waals surface area (Å²) in [5.41, 5.74) is 2.76. The summed E-state index contributed by atoms with van der Waals surface area (Å²) in [6, 6.07) is 12.9. The van der Waals surface area contributed by atoms with Crippen molar-refractivity contribution in [2.75, 3.05) is 11.9 Å². The summed E-state index contributed by atoms with van der Waals surface area (Å²) >= 11 is 5.98. The van der Waals surface area contributed by atoms with Gasteiger partial charge >= 0.3 is 0 Å². The fraction of sp³-hybridized carbons (Fsp3) is 0.211. The zero-order valence-corrected chi connectivity index (χ0v) is 14.9. The molecule has 130 valence electrons. The minimum absolute atomic E-state index is 0.206. The summed E-state index contributed by atoms with van der Waals surface area (Å²) in [6.45, 7) is 3.04. The van der Waals surface area contributed by atoms with Crippen molar-refractivity contribution in [1.29, 1.82) is 0 Å². The Morgan fingerprint density at radius 3 is 2.68 bits per heavy atom. The lowest BCUT2D eigenvalue weighted by molar-refractivity contribution is 0.340. The Labute approximate surface area is 151 Å². The highest BCUT2D eigenvalue weighted by Crippen LogP contribution is 2.26. The summed E-state index contributed by atoms with van der Waals surface area (Å²) in [7, 11) is 1.94. The lowest BCUT2D eigenvalue weighted by Crippen LogP contribution is -2.06. The van der Waals surface area contributed by atoms with Crippen LogP contribution < -0.4 is 10.1 Å². The van der Waals surface area contributed by atoms with Gasteiger partial charge in [0.1, 0.15) is 11.5 Å². The number of rotatable bonds is 6. The number of anilines is 1. The van der Waals surface area contributed by atoms with Gasteiger partial charge in [-0.15, -0.1) is 0 Å². The molecule has 6 heteroatoms. The number of halogens is 1. The summed E-state index contributed by atoms with van der Waals surface area (Å²) in [6.07, 6.45) is 1.82. The lowest BCUT2D eigenvalue weighted by atomic mass is 10.1. The van der Waals surface area contributed by atoms with E-state index in [4.69, 9.17) is 16.3 Å². The van der Waals surface area contributed by atoms with Gasteiger partial charge in [-0.25, -0.2) is 4.98 Å². The molecule has 0 amide bonds. The van der Waals surface area contributed by atoms with Crippen molar-refractivity contribution >= 4 is 17.5 Å². The van der Waals surface area contributed by atoms with Crippen LogP contribution in [-0.2, 0) is 13.6 Å². The minimum atomic E-state index is 0.206. The van der Waals surface area contributed by atoms with Gasteiger partial charge < -0.3 is 19.7 Å². The first-order valence-electron chi connectivity index (χ1n) is 8.04. The van der Waals surface area contributed by atoms with E-state index in [-0.39, 0.29) is 5.75 Å². The molecule has 0 atom stereocenters. The van der Waals surface area contributed by atoms with E-state index in [9.17, 15) is 5.11 Å². The third-order valence-corrected chi connectivity index (χ3v) is 4.16. The molecule has 0 bridgehead atoms. The van der Waals surface area contributed by atoms with Gasteiger partial charge in [-0.2, -0.15) is 0 Å². The number of benzene rings is 2.